The van der Waals surface area contributed by atoms with E-state index in [9.17, 15) is 4.79 Å². The molecule has 2 aliphatic heterocycles. The van der Waals surface area contributed by atoms with Crippen molar-refractivity contribution in [2.45, 2.75) is 51.5 Å². The Morgan fingerprint density at radius 1 is 1.28 bits per heavy atom. The lowest BCUT2D eigenvalue weighted by Gasteiger charge is -2.31. The molecule has 2 aliphatic rings. The first-order valence-electron chi connectivity index (χ1n) is 7.05. The molecule has 0 N–H and O–H groups in total. The predicted molar refractivity (Wildman–Crippen MR) is 69.4 cm³/mol. The van der Waals surface area contributed by atoms with Gasteiger partial charge in [0.1, 0.15) is 5.82 Å². The van der Waals surface area contributed by atoms with Crippen molar-refractivity contribution >= 4 is 5.91 Å². The van der Waals surface area contributed by atoms with Gasteiger partial charge in [0.25, 0.3) is 0 Å². The van der Waals surface area contributed by atoms with Gasteiger partial charge in [-0.05, 0) is 32.1 Å². The summed E-state index contributed by atoms with van der Waals surface area (Å²) < 4.78 is 2.43. The van der Waals surface area contributed by atoms with E-state index in [1.54, 1.807) is 6.92 Å². The van der Waals surface area contributed by atoms with Crippen LogP contribution >= 0.6 is 0 Å². The van der Waals surface area contributed by atoms with Gasteiger partial charge in [0.05, 0.1) is 0 Å². The molecule has 0 spiro atoms. The number of hydrogen-bond acceptors (Lipinski definition) is 2. The Labute approximate surface area is 108 Å². The van der Waals surface area contributed by atoms with Crippen molar-refractivity contribution in [2.24, 2.45) is 0 Å². The zero-order valence-corrected chi connectivity index (χ0v) is 11.1. The summed E-state index contributed by atoms with van der Waals surface area (Å²) in [7, 11) is 0. The summed E-state index contributed by atoms with van der Waals surface area (Å²) >= 11 is 0. The number of carbonyl (C=O) groups is 1. The van der Waals surface area contributed by atoms with E-state index in [0.717, 1.165) is 32.5 Å². The third-order valence-corrected chi connectivity index (χ3v) is 4.34. The molecule has 0 atom stereocenters. The van der Waals surface area contributed by atoms with Gasteiger partial charge in [0, 0.05) is 44.4 Å². The van der Waals surface area contributed by atoms with Gasteiger partial charge in [-0.15, -0.1) is 0 Å². The molecule has 0 radical (unpaired) electrons. The summed E-state index contributed by atoms with van der Waals surface area (Å²) in [5.41, 5.74) is 1.41. The van der Waals surface area contributed by atoms with Gasteiger partial charge in [-0.25, -0.2) is 4.98 Å². The first-order chi connectivity index (χ1) is 8.75. The summed E-state index contributed by atoms with van der Waals surface area (Å²) in [4.78, 5) is 17.9. The van der Waals surface area contributed by atoms with Gasteiger partial charge < -0.3 is 9.47 Å². The van der Waals surface area contributed by atoms with Crippen LogP contribution in [-0.2, 0) is 17.8 Å². The Morgan fingerprint density at radius 2 is 2.06 bits per heavy atom. The van der Waals surface area contributed by atoms with Gasteiger partial charge in [0.15, 0.2) is 0 Å². The van der Waals surface area contributed by atoms with Gasteiger partial charge >= 0.3 is 0 Å². The zero-order valence-electron chi connectivity index (χ0n) is 11.1. The van der Waals surface area contributed by atoms with E-state index in [-0.39, 0.29) is 5.91 Å². The zero-order chi connectivity index (χ0) is 12.5. The van der Waals surface area contributed by atoms with Crippen LogP contribution in [0.15, 0.2) is 6.20 Å². The maximum Gasteiger partial charge on any atom is 0.219 e. The molecule has 0 saturated carbocycles. The highest BCUT2D eigenvalue weighted by Gasteiger charge is 2.26. The number of aromatic nitrogens is 2. The normalized spacial score (nSPS) is 20.8. The molecule has 1 aromatic heterocycles. The molecule has 0 unspecified atom stereocenters. The Balaban J connectivity index is 1.73. The molecule has 1 amide bonds. The van der Waals surface area contributed by atoms with Crippen LogP contribution in [0, 0.1) is 0 Å². The number of amides is 1. The smallest absolute Gasteiger partial charge is 0.219 e. The molecule has 18 heavy (non-hydrogen) atoms. The molecule has 1 fully saturated rings. The highest BCUT2D eigenvalue weighted by molar-refractivity contribution is 5.73. The molecule has 0 aromatic carbocycles. The minimum atomic E-state index is 0.207. The first-order valence-corrected chi connectivity index (χ1v) is 7.05. The molecule has 98 valence electrons. The lowest BCUT2D eigenvalue weighted by Crippen LogP contribution is -2.37. The quantitative estimate of drug-likeness (QED) is 0.760. The van der Waals surface area contributed by atoms with E-state index in [4.69, 9.17) is 0 Å². The van der Waals surface area contributed by atoms with Crippen LogP contribution < -0.4 is 0 Å². The molecular formula is C14H21N3O. The topological polar surface area (TPSA) is 38.1 Å². The second-order valence-corrected chi connectivity index (χ2v) is 5.50. The molecular weight excluding hydrogens is 226 g/mol. The summed E-state index contributed by atoms with van der Waals surface area (Å²) in [6.07, 6.45) is 7.95. The number of aryl methyl sites for hydroxylation is 1. The summed E-state index contributed by atoms with van der Waals surface area (Å²) in [5.74, 6) is 2.03. The number of carbonyl (C=O) groups excluding carboxylic acids is 1. The number of imidazole rings is 1. The Morgan fingerprint density at radius 3 is 2.78 bits per heavy atom. The number of nitrogens with zero attached hydrogens (tertiary/aromatic N) is 3. The minimum Gasteiger partial charge on any atom is -0.343 e. The molecule has 4 heteroatoms. The van der Waals surface area contributed by atoms with Crippen LogP contribution in [0.1, 0.15) is 50.0 Å². The van der Waals surface area contributed by atoms with Crippen LogP contribution in [0.5, 0.6) is 0 Å². The fraction of sp³-hybridized carbons (Fsp3) is 0.714. The molecule has 0 bridgehead atoms. The summed E-state index contributed by atoms with van der Waals surface area (Å²) in [5, 5.41) is 0. The predicted octanol–water partition coefficient (Wildman–Crippen LogP) is 1.95. The van der Waals surface area contributed by atoms with Gasteiger partial charge in [-0.1, -0.05) is 0 Å². The van der Waals surface area contributed by atoms with Crippen LogP contribution in [0.4, 0.5) is 0 Å². The van der Waals surface area contributed by atoms with Crippen molar-refractivity contribution in [1.82, 2.24) is 14.5 Å². The van der Waals surface area contributed by atoms with Crippen LogP contribution in [0.3, 0.4) is 0 Å². The van der Waals surface area contributed by atoms with Crippen molar-refractivity contribution in [3.63, 3.8) is 0 Å². The third kappa shape index (κ3) is 2.04. The largest absolute Gasteiger partial charge is 0.343 e. The Bertz CT molecular complexity index is 444. The average Bonchev–Trinajstić information content (AvgIpc) is 2.82. The Kier molecular flexibility index (Phi) is 3.10. The number of piperidine rings is 1. The van der Waals surface area contributed by atoms with Crippen LogP contribution in [0.2, 0.25) is 0 Å². The average molecular weight is 247 g/mol. The van der Waals surface area contributed by atoms with E-state index in [2.05, 4.69) is 15.7 Å². The van der Waals surface area contributed by atoms with Crippen molar-refractivity contribution in [3.8, 4) is 0 Å². The number of fused-ring (bicyclic) bond motifs is 1. The maximum absolute atomic E-state index is 11.3. The molecule has 4 nitrogen and oxygen atoms in total. The lowest BCUT2D eigenvalue weighted by atomic mass is 9.95. The number of hydrogen-bond donors (Lipinski definition) is 0. The SMILES string of the molecule is CC(=O)N1CCC(c2ncc3n2CCCC3)CC1. The first kappa shape index (κ1) is 11.8. The number of rotatable bonds is 1. The van der Waals surface area contributed by atoms with Crippen LogP contribution in [-0.4, -0.2) is 33.4 Å². The maximum atomic E-state index is 11.3. The summed E-state index contributed by atoms with van der Waals surface area (Å²) in [6, 6.07) is 0. The van der Waals surface area contributed by atoms with Crippen molar-refractivity contribution in [1.29, 1.82) is 0 Å². The van der Waals surface area contributed by atoms with E-state index in [1.807, 2.05) is 4.90 Å². The fourth-order valence-corrected chi connectivity index (χ4v) is 3.24. The Hall–Kier alpha value is -1.32. The highest BCUT2D eigenvalue weighted by Crippen LogP contribution is 2.29. The van der Waals surface area contributed by atoms with E-state index in [1.165, 1.54) is 30.8 Å². The highest BCUT2D eigenvalue weighted by atomic mass is 16.2. The van der Waals surface area contributed by atoms with Crippen LogP contribution in [0.25, 0.3) is 0 Å². The minimum absolute atomic E-state index is 0.207. The standard InChI is InChI=1S/C14H21N3O/c1-11(18)16-8-5-12(6-9-16)14-15-10-13-4-2-3-7-17(13)14/h10,12H,2-9H2,1H3. The molecule has 3 rings (SSSR count). The molecule has 1 aromatic rings. The lowest BCUT2D eigenvalue weighted by molar-refractivity contribution is -0.129. The molecule has 3 heterocycles. The monoisotopic (exact) mass is 247 g/mol. The van der Waals surface area contributed by atoms with Gasteiger partial charge in [0.2, 0.25) is 5.91 Å². The van der Waals surface area contributed by atoms with Crippen molar-refractivity contribution < 1.29 is 4.79 Å². The molecule has 1 saturated heterocycles. The van der Waals surface area contributed by atoms with E-state index < -0.39 is 0 Å². The third-order valence-electron chi connectivity index (χ3n) is 4.34. The second kappa shape index (κ2) is 4.75. The van der Waals surface area contributed by atoms with Crippen molar-refractivity contribution in [3.05, 3.63) is 17.7 Å². The van der Waals surface area contributed by atoms with E-state index in [0.29, 0.717) is 5.92 Å². The number of likely N-dealkylation sites (tertiary alicyclic amines) is 1. The van der Waals surface area contributed by atoms with Gasteiger partial charge in [-0.3, -0.25) is 4.79 Å². The van der Waals surface area contributed by atoms with Crippen molar-refractivity contribution in [2.75, 3.05) is 13.1 Å². The molecule has 0 aliphatic carbocycles. The van der Waals surface area contributed by atoms with Gasteiger partial charge in [-0.2, -0.15) is 0 Å². The van der Waals surface area contributed by atoms with E-state index >= 15 is 0 Å². The summed E-state index contributed by atoms with van der Waals surface area (Å²) in [6.45, 7) is 4.58. The fourth-order valence-electron chi connectivity index (χ4n) is 3.24. The second-order valence-electron chi connectivity index (χ2n) is 5.50.